The van der Waals surface area contributed by atoms with Crippen LogP contribution in [0.15, 0.2) is 59.1 Å². The first-order valence-corrected chi connectivity index (χ1v) is 5.97. The highest BCUT2D eigenvalue weighted by Gasteiger charge is 2.08. The molecule has 0 saturated heterocycles. The van der Waals surface area contributed by atoms with Gasteiger partial charge >= 0.3 is 0 Å². The van der Waals surface area contributed by atoms with Gasteiger partial charge in [0.2, 0.25) is 11.7 Å². The molecule has 3 aromatic rings. The number of aromatic hydroxyl groups is 1. The third-order valence-electron chi connectivity index (χ3n) is 2.77. The van der Waals surface area contributed by atoms with Crippen molar-refractivity contribution in [2.24, 2.45) is 0 Å². The van der Waals surface area contributed by atoms with E-state index in [-0.39, 0.29) is 5.75 Å². The zero-order valence-electron chi connectivity index (χ0n) is 10.2. The number of hydrogen-bond donors (Lipinski definition) is 1. The van der Waals surface area contributed by atoms with E-state index in [0.29, 0.717) is 18.1 Å². The molecule has 94 valence electrons. The van der Waals surface area contributed by atoms with Crippen LogP contribution in [-0.2, 0) is 6.42 Å². The number of phenols is 1. The second-order valence-corrected chi connectivity index (χ2v) is 4.22. The molecule has 0 atom stereocenters. The molecular weight excluding hydrogens is 240 g/mol. The summed E-state index contributed by atoms with van der Waals surface area (Å²) in [5.41, 5.74) is 1.86. The first-order chi connectivity index (χ1) is 9.31. The van der Waals surface area contributed by atoms with Crippen molar-refractivity contribution in [3.63, 3.8) is 0 Å². The van der Waals surface area contributed by atoms with E-state index in [2.05, 4.69) is 10.1 Å². The summed E-state index contributed by atoms with van der Waals surface area (Å²) in [6.07, 6.45) is 0.508. The second-order valence-electron chi connectivity index (χ2n) is 4.22. The highest BCUT2D eigenvalue weighted by atomic mass is 16.5. The van der Waals surface area contributed by atoms with E-state index in [4.69, 9.17) is 4.52 Å². The Morgan fingerprint density at radius 1 is 1.00 bits per heavy atom. The van der Waals surface area contributed by atoms with Crippen LogP contribution in [0.3, 0.4) is 0 Å². The van der Waals surface area contributed by atoms with E-state index in [1.807, 2.05) is 36.4 Å². The Labute approximate surface area is 110 Å². The van der Waals surface area contributed by atoms with Crippen molar-refractivity contribution in [2.45, 2.75) is 6.42 Å². The maximum Gasteiger partial charge on any atom is 0.231 e. The average molecular weight is 252 g/mol. The Balaban J connectivity index is 1.82. The minimum atomic E-state index is 0.236. The van der Waals surface area contributed by atoms with Crippen LogP contribution < -0.4 is 0 Å². The van der Waals surface area contributed by atoms with Crippen molar-refractivity contribution in [3.05, 3.63) is 66.1 Å². The molecule has 19 heavy (non-hydrogen) atoms. The molecule has 0 bridgehead atoms. The fraction of sp³-hybridized carbons (Fsp3) is 0.0667. The molecule has 0 aliphatic heterocycles. The minimum absolute atomic E-state index is 0.236. The molecule has 0 aliphatic carbocycles. The Hall–Kier alpha value is -2.62. The van der Waals surface area contributed by atoms with Crippen molar-refractivity contribution in [2.75, 3.05) is 0 Å². The predicted octanol–water partition coefficient (Wildman–Crippen LogP) is 3.03. The van der Waals surface area contributed by atoms with Gasteiger partial charge in [-0.2, -0.15) is 4.98 Å². The van der Waals surface area contributed by atoms with Crippen LogP contribution in [-0.4, -0.2) is 15.2 Å². The van der Waals surface area contributed by atoms with E-state index in [1.165, 1.54) is 0 Å². The fourth-order valence-corrected chi connectivity index (χ4v) is 1.87. The van der Waals surface area contributed by atoms with Crippen LogP contribution >= 0.6 is 0 Å². The lowest BCUT2D eigenvalue weighted by molar-refractivity contribution is 0.385. The molecule has 0 radical (unpaired) electrons. The summed E-state index contributed by atoms with van der Waals surface area (Å²) in [6, 6.07) is 16.7. The molecule has 1 heterocycles. The maximum absolute atomic E-state index is 9.41. The maximum atomic E-state index is 9.41. The lowest BCUT2D eigenvalue weighted by Crippen LogP contribution is -1.88. The average Bonchev–Trinajstić information content (AvgIpc) is 2.88. The second kappa shape index (κ2) is 4.94. The van der Waals surface area contributed by atoms with Crippen molar-refractivity contribution < 1.29 is 9.63 Å². The van der Waals surface area contributed by atoms with E-state index in [9.17, 15) is 5.11 Å². The van der Waals surface area contributed by atoms with Gasteiger partial charge in [0.15, 0.2) is 0 Å². The number of nitrogens with zero attached hydrogens (tertiary/aromatic N) is 2. The highest BCUT2D eigenvalue weighted by Crippen LogP contribution is 2.18. The van der Waals surface area contributed by atoms with Gasteiger partial charge in [0.25, 0.3) is 0 Å². The summed E-state index contributed by atoms with van der Waals surface area (Å²) in [5.74, 6) is 1.35. The number of benzene rings is 2. The van der Waals surface area contributed by atoms with E-state index >= 15 is 0 Å². The van der Waals surface area contributed by atoms with Gasteiger partial charge < -0.3 is 9.63 Å². The zero-order chi connectivity index (χ0) is 13.1. The molecule has 0 spiro atoms. The van der Waals surface area contributed by atoms with Crippen molar-refractivity contribution in [1.82, 2.24) is 10.1 Å². The van der Waals surface area contributed by atoms with E-state index in [1.54, 1.807) is 18.2 Å². The topological polar surface area (TPSA) is 59.2 Å². The molecule has 0 fully saturated rings. The van der Waals surface area contributed by atoms with Crippen molar-refractivity contribution in [1.29, 1.82) is 0 Å². The number of phenolic OH excluding ortho intramolecular Hbond substituents is 1. The summed E-state index contributed by atoms with van der Waals surface area (Å²) in [4.78, 5) is 4.35. The minimum Gasteiger partial charge on any atom is -0.508 e. The van der Waals surface area contributed by atoms with Crippen molar-refractivity contribution in [3.8, 4) is 17.1 Å². The van der Waals surface area contributed by atoms with Gasteiger partial charge in [0.05, 0.1) is 6.42 Å². The SMILES string of the molecule is Oc1cccc(Cc2nc(-c3ccccc3)no2)c1. The van der Waals surface area contributed by atoms with Crippen molar-refractivity contribution >= 4 is 0 Å². The number of hydrogen-bond acceptors (Lipinski definition) is 4. The molecule has 2 aromatic carbocycles. The summed E-state index contributed by atoms with van der Waals surface area (Å²) in [5, 5.41) is 13.4. The summed E-state index contributed by atoms with van der Waals surface area (Å²) in [6.45, 7) is 0. The van der Waals surface area contributed by atoms with Gasteiger partial charge in [0, 0.05) is 5.56 Å². The highest BCUT2D eigenvalue weighted by molar-refractivity contribution is 5.53. The zero-order valence-corrected chi connectivity index (χ0v) is 10.2. The van der Waals surface area contributed by atoms with Gasteiger partial charge in [-0.25, -0.2) is 0 Å². The summed E-state index contributed by atoms with van der Waals surface area (Å²) in [7, 11) is 0. The molecule has 3 rings (SSSR count). The van der Waals surface area contributed by atoms with Crippen LogP contribution in [0.2, 0.25) is 0 Å². The van der Waals surface area contributed by atoms with Gasteiger partial charge in [-0.3, -0.25) is 0 Å². The van der Waals surface area contributed by atoms with E-state index in [0.717, 1.165) is 11.1 Å². The third-order valence-corrected chi connectivity index (χ3v) is 2.77. The lowest BCUT2D eigenvalue weighted by atomic mass is 10.1. The molecule has 1 N–H and O–H groups in total. The summed E-state index contributed by atoms with van der Waals surface area (Å²) >= 11 is 0. The molecule has 1 aromatic heterocycles. The Kier molecular flexibility index (Phi) is 2.98. The van der Waals surface area contributed by atoms with Gasteiger partial charge in [-0.15, -0.1) is 0 Å². The number of rotatable bonds is 3. The molecular formula is C15H12N2O2. The molecule has 0 unspecified atom stereocenters. The quantitative estimate of drug-likeness (QED) is 0.778. The summed E-state index contributed by atoms with van der Waals surface area (Å²) < 4.78 is 5.22. The Bertz CT molecular complexity index is 677. The molecule has 0 amide bonds. The Morgan fingerprint density at radius 3 is 2.63 bits per heavy atom. The van der Waals surface area contributed by atoms with E-state index < -0.39 is 0 Å². The Morgan fingerprint density at radius 2 is 1.84 bits per heavy atom. The van der Waals surface area contributed by atoms with Gasteiger partial charge in [-0.1, -0.05) is 47.6 Å². The van der Waals surface area contributed by atoms with Gasteiger partial charge in [-0.05, 0) is 17.7 Å². The molecule has 4 heteroatoms. The molecule has 0 saturated carbocycles. The van der Waals surface area contributed by atoms with Crippen LogP contribution in [0, 0.1) is 0 Å². The van der Waals surface area contributed by atoms with Crippen LogP contribution in [0.5, 0.6) is 5.75 Å². The molecule has 4 nitrogen and oxygen atoms in total. The van der Waals surface area contributed by atoms with Crippen LogP contribution in [0.1, 0.15) is 11.5 Å². The van der Waals surface area contributed by atoms with Crippen LogP contribution in [0.4, 0.5) is 0 Å². The predicted molar refractivity (Wildman–Crippen MR) is 70.6 cm³/mol. The lowest BCUT2D eigenvalue weighted by Gasteiger charge is -1.97. The number of aromatic nitrogens is 2. The smallest absolute Gasteiger partial charge is 0.231 e. The normalized spacial score (nSPS) is 10.5. The molecule has 0 aliphatic rings. The largest absolute Gasteiger partial charge is 0.508 e. The van der Waals surface area contributed by atoms with Gasteiger partial charge in [0.1, 0.15) is 5.75 Å². The first kappa shape index (κ1) is 11.5. The fourth-order valence-electron chi connectivity index (χ4n) is 1.87. The monoisotopic (exact) mass is 252 g/mol. The third kappa shape index (κ3) is 2.63. The standard InChI is InChI=1S/C15H12N2O2/c18-13-8-4-5-11(9-13)10-14-16-15(17-19-14)12-6-2-1-3-7-12/h1-9,18H,10H2. The first-order valence-electron chi connectivity index (χ1n) is 5.97. The van der Waals surface area contributed by atoms with Crippen LogP contribution in [0.25, 0.3) is 11.4 Å².